The Balaban J connectivity index is 1.66. The van der Waals surface area contributed by atoms with Crippen LogP contribution in [0, 0.1) is 5.82 Å². The van der Waals surface area contributed by atoms with Crippen molar-refractivity contribution in [3.8, 4) is 0 Å². The lowest BCUT2D eigenvalue weighted by atomic mass is 10.2. The zero-order valence-electron chi connectivity index (χ0n) is 14.3. The van der Waals surface area contributed by atoms with Gasteiger partial charge >= 0.3 is 0 Å². The first-order valence-corrected chi connectivity index (χ1v) is 8.95. The SMILES string of the molecule is Nc1nc(Cn2cnc3ccc(Br)cc3c2=O)nc(Nc2ccc(F)cc2)n1. The number of hydrogen-bond acceptors (Lipinski definition) is 7. The number of nitrogens with one attached hydrogen (secondary N) is 1. The predicted octanol–water partition coefficient (Wildman–Crippen LogP) is 2.86. The molecule has 2 heterocycles. The van der Waals surface area contributed by atoms with Gasteiger partial charge in [0.1, 0.15) is 5.82 Å². The van der Waals surface area contributed by atoms with Crippen LogP contribution in [-0.2, 0) is 6.54 Å². The van der Waals surface area contributed by atoms with E-state index in [0.717, 1.165) is 4.47 Å². The quantitative estimate of drug-likeness (QED) is 0.500. The summed E-state index contributed by atoms with van der Waals surface area (Å²) in [5.41, 5.74) is 6.73. The summed E-state index contributed by atoms with van der Waals surface area (Å²) in [4.78, 5) is 29.4. The number of hydrogen-bond donors (Lipinski definition) is 2. The minimum absolute atomic E-state index is 0.000784. The van der Waals surface area contributed by atoms with Crippen molar-refractivity contribution in [3.63, 3.8) is 0 Å². The van der Waals surface area contributed by atoms with E-state index in [1.807, 2.05) is 6.07 Å². The van der Waals surface area contributed by atoms with Gasteiger partial charge < -0.3 is 11.1 Å². The number of rotatable bonds is 4. The lowest BCUT2D eigenvalue weighted by Crippen LogP contribution is -2.22. The molecule has 140 valence electrons. The van der Waals surface area contributed by atoms with Gasteiger partial charge in [0, 0.05) is 10.2 Å². The molecule has 0 aliphatic heterocycles. The van der Waals surface area contributed by atoms with E-state index in [-0.39, 0.29) is 35.6 Å². The minimum Gasteiger partial charge on any atom is -0.368 e. The van der Waals surface area contributed by atoms with E-state index in [4.69, 9.17) is 5.73 Å². The summed E-state index contributed by atoms with van der Waals surface area (Å²) in [6, 6.07) is 11.0. The van der Waals surface area contributed by atoms with E-state index in [1.165, 1.54) is 23.0 Å². The molecule has 0 fully saturated rings. The Bertz CT molecular complexity index is 1230. The fourth-order valence-corrected chi connectivity index (χ4v) is 2.98. The van der Waals surface area contributed by atoms with Gasteiger partial charge in [-0.3, -0.25) is 9.36 Å². The zero-order valence-corrected chi connectivity index (χ0v) is 15.9. The van der Waals surface area contributed by atoms with Gasteiger partial charge in [-0.2, -0.15) is 15.0 Å². The van der Waals surface area contributed by atoms with Gasteiger partial charge in [-0.25, -0.2) is 9.37 Å². The molecule has 28 heavy (non-hydrogen) atoms. The van der Waals surface area contributed by atoms with Crippen molar-refractivity contribution in [2.75, 3.05) is 11.1 Å². The number of fused-ring (bicyclic) bond motifs is 1. The Labute approximate surface area is 166 Å². The van der Waals surface area contributed by atoms with Crippen LogP contribution in [0.15, 0.2) is 58.1 Å². The average Bonchev–Trinajstić information content (AvgIpc) is 2.66. The van der Waals surface area contributed by atoms with Gasteiger partial charge in [0.15, 0.2) is 5.82 Å². The lowest BCUT2D eigenvalue weighted by molar-refractivity contribution is 0.628. The molecule has 2 aromatic heterocycles. The van der Waals surface area contributed by atoms with E-state index in [1.54, 1.807) is 24.3 Å². The summed E-state index contributed by atoms with van der Waals surface area (Å²) < 4.78 is 15.2. The molecule has 0 aliphatic carbocycles. The van der Waals surface area contributed by atoms with Gasteiger partial charge in [0.2, 0.25) is 11.9 Å². The van der Waals surface area contributed by atoms with Gasteiger partial charge in [0.25, 0.3) is 5.56 Å². The van der Waals surface area contributed by atoms with E-state index in [0.29, 0.717) is 16.6 Å². The molecule has 0 atom stereocenters. The van der Waals surface area contributed by atoms with Gasteiger partial charge in [0.05, 0.1) is 23.8 Å². The van der Waals surface area contributed by atoms with Crippen molar-refractivity contribution < 1.29 is 4.39 Å². The van der Waals surface area contributed by atoms with Crippen LogP contribution in [0.1, 0.15) is 5.82 Å². The molecular formula is C18H13BrFN7O. The fraction of sp³-hybridized carbons (Fsp3) is 0.0556. The molecule has 8 nitrogen and oxygen atoms in total. The number of benzene rings is 2. The Hall–Kier alpha value is -3.40. The number of halogens is 2. The number of nitrogens with zero attached hydrogens (tertiary/aromatic N) is 5. The molecule has 0 bridgehead atoms. The smallest absolute Gasteiger partial charge is 0.261 e. The highest BCUT2D eigenvalue weighted by Crippen LogP contribution is 2.16. The van der Waals surface area contributed by atoms with E-state index in [2.05, 4.69) is 41.2 Å². The predicted molar refractivity (Wildman–Crippen MR) is 107 cm³/mol. The molecule has 0 spiro atoms. The van der Waals surface area contributed by atoms with Crippen molar-refractivity contribution in [2.24, 2.45) is 0 Å². The van der Waals surface area contributed by atoms with E-state index >= 15 is 0 Å². The zero-order chi connectivity index (χ0) is 19.7. The van der Waals surface area contributed by atoms with Crippen molar-refractivity contribution in [3.05, 3.63) is 75.3 Å². The van der Waals surface area contributed by atoms with E-state index < -0.39 is 0 Å². The van der Waals surface area contributed by atoms with Crippen LogP contribution in [0.3, 0.4) is 0 Å². The van der Waals surface area contributed by atoms with Crippen LogP contribution >= 0.6 is 15.9 Å². The first-order chi connectivity index (χ1) is 13.5. The molecular weight excluding hydrogens is 429 g/mol. The molecule has 0 radical (unpaired) electrons. The maximum Gasteiger partial charge on any atom is 0.261 e. The van der Waals surface area contributed by atoms with Gasteiger partial charge in [-0.1, -0.05) is 15.9 Å². The van der Waals surface area contributed by atoms with Crippen molar-refractivity contribution in [1.29, 1.82) is 0 Å². The van der Waals surface area contributed by atoms with E-state index in [9.17, 15) is 9.18 Å². The monoisotopic (exact) mass is 441 g/mol. The summed E-state index contributed by atoms with van der Waals surface area (Å²) in [5, 5.41) is 3.41. The third kappa shape index (κ3) is 3.81. The molecule has 0 aliphatic rings. The molecule has 4 aromatic rings. The number of anilines is 3. The second-order valence-electron chi connectivity index (χ2n) is 5.90. The fourth-order valence-electron chi connectivity index (χ4n) is 2.62. The van der Waals surface area contributed by atoms with Crippen molar-refractivity contribution in [1.82, 2.24) is 24.5 Å². The third-order valence-corrected chi connectivity index (χ3v) is 4.39. The van der Waals surface area contributed by atoms with Crippen LogP contribution in [0.2, 0.25) is 0 Å². The minimum atomic E-state index is -0.351. The standard InChI is InChI=1S/C18H13BrFN7O/c19-10-1-6-14-13(7-10)16(28)27(9-22-14)8-15-24-17(21)26-18(25-15)23-12-4-2-11(20)3-5-12/h1-7,9H,8H2,(H3,21,23,24,25,26). The Kier molecular flexibility index (Phi) is 4.70. The topological polar surface area (TPSA) is 112 Å². The van der Waals surface area contributed by atoms with Crippen LogP contribution in [-0.4, -0.2) is 24.5 Å². The first kappa shape index (κ1) is 18.0. The third-order valence-electron chi connectivity index (χ3n) is 3.90. The maximum atomic E-state index is 13.0. The second-order valence-corrected chi connectivity index (χ2v) is 6.82. The maximum absolute atomic E-state index is 13.0. The van der Waals surface area contributed by atoms with Gasteiger partial charge in [-0.15, -0.1) is 0 Å². The number of aromatic nitrogens is 5. The van der Waals surface area contributed by atoms with Crippen LogP contribution < -0.4 is 16.6 Å². The normalized spacial score (nSPS) is 10.9. The Morgan fingerprint density at radius 3 is 2.68 bits per heavy atom. The largest absolute Gasteiger partial charge is 0.368 e. The van der Waals surface area contributed by atoms with Crippen molar-refractivity contribution >= 4 is 44.4 Å². The molecule has 0 saturated carbocycles. The first-order valence-electron chi connectivity index (χ1n) is 8.16. The molecule has 3 N–H and O–H groups in total. The summed E-state index contributed by atoms with van der Waals surface area (Å²) in [6.45, 7) is 0.0686. The van der Waals surface area contributed by atoms with Gasteiger partial charge in [-0.05, 0) is 42.5 Å². The Morgan fingerprint density at radius 1 is 1.11 bits per heavy atom. The molecule has 4 rings (SSSR count). The molecule has 0 unspecified atom stereocenters. The van der Waals surface area contributed by atoms with Crippen LogP contribution in [0.5, 0.6) is 0 Å². The van der Waals surface area contributed by atoms with Crippen LogP contribution in [0.25, 0.3) is 10.9 Å². The molecule has 10 heteroatoms. The lowest BCUT2D eigenvalue weighted by Gasteiger charge is -2.09. The van der Waals surface area contributed by atoms with Crippen LogP contribution in [0.4, 0.5) is 22.0 Å². The summed E-state index contributed by atoms with van der Waals surface area (Å²) in [6.07, 6.45) is 1.44. The highest BCUT2D eigenvalue weighted by molar-refractivity contribution is 9.10. The highest BCUT2D eigenvalue weighted by Gasteiger charge is 2.10. The average molecular weight is 442 g/mol. The summed E-state index contributed by atoms with van der Waals surface area (Å²) in [5.74, 6) is 0.129. The highest BCUT2D eigenvalue weighted by atomic mass is 79.9. The molecule has 0 saturated heterocycles. The summed E-state index contributed by atoms with van der Waals surface area (Å²) >= 11 is 3.36. The molecule has 0 amide bonds. The summed E-state index contributed by atoms with van der Waals surface area (Å²) in [7, 11) is 0. The number of nitrogen functional groups attached to an aromatic ring is 1. The van der Waals surface area contributed by atoms with Crippen molar-refractivity contribution in [2.45, 2.75) is 6.54 Å². The Morgan fingerprint density at radius 2 is 1.89 bits per heavy atom. The molecule has 2 aromatic carbocycles. The second kappa shape index (κ2) is 7.31. The number of nitrogens with two attached hydrogens (primary N) is 1.